The SMILES string of the molecule is CCN(CC)c1ccc(C(=O)c2ccccc2C(C)(O)O)c(O)c1. The molecule has 0 aliphatic carbocycles. The molecule has 0 amide bonds. The van der Waals surface area contributed by atoms with Gasteiger partial charge in [-0.25, -0.2) is 0 Å². The van der Waals surface area contributed by atoms with Gasteiger partial charge in [0.2, 0.25) is 0 Å². The minimum atomic E-state index is -2.14. The number of aliphatic hydroxyl groups is 2. The molecule has 0 heterocycles. The van der Waals surface area contributed by atoms with Crippen LogP contribution >= 0.6 is 0 Å². The van der Waals surface area contributed by atoms with Crippen LogP contribution in [-0.2, 0) is 5.79 Å². The zero-order valence-corrected chi connectivity index (χ0v) is 14.2. The molecular weight excluding hydrogens is 306 g/mol. The van der Waals surface area contributed by atoms with Gasteiger partial charge in [-0.1, -0.05) is 24.3 Å². The quantitative estimate of drug-likeness (QED) is 0.561. The first-order valence-electron chi connectivity index (χ1n) is 7.96. The maximum Gasteiger partial charge on any atom is 0.197 e. The number of benzene rings is 2. The number of phenolic OH excluding ortho intramolecular Hbond substituents is 1. The van der Waals surface area contributed by atoms with Gasteiger partial charge in [-0.3, -0.25) is 4.79 Å². The van der Waals surface area contributed by atoms with E-state index in [2.05, 4.69) is 4.90 Å². The van der Waals surface area contributed by atoms with Gasteiger partial charge in [0, 0.05) is 36.0 Å². The van der Waals surface area contributed by atoms with Gasteiger partial charge in [0.15, 0.2) is 11.6 Å². The standard InChI is InChI=1S/C19H23NO4/c1-4-20(5-2)13-10-11-15(17(21)12-13)18(22)14-8-6-7-9-16(14)19(3,23)24/h6-12,21,23-24H,4-5H2,1-3H3. The lowest BCUT2D eigenvalue weighted by Gasteiger charge is -2.22. The summed E-state index contributed by atoms with van der Waals surface area (Å²) in [4.78, 5) is 14.8. The number of ketones is 1. The summed E-state index contributed by atoms with van der Waals surface area (Å²) in [6.07, 6.45) is 0. The molecule has 0 fully saturated rings. The maximum absolute atomic E-state index is 12.8. The van der Waals surface area contributed by atoms with Gasteiger partial charge in [0.1, 0.15) is 5.75 Å². The van der Waals surface area contributed by atoms with Crippen molar-refractivity contribution in [3.8, 4) is 5.75 Å². The normalized spacial score (nSPS) is 11.4. The van der Waals surface area contributed by atoms with Crippen molar-refractivity contribution in [3.63, 3.8) is 0 Å². The van der Waals surface area contributed by atoms with Gasteiger partial charge >= 0.3 is 0 Å². The third kappa shape index (κ3) is 3.58. The first kappa shape index (κ1) is 18.0. The molecule has 5 nitrogen and oxygen atoms in total. The fraction of sp³-hybridized carbons (Fsp3) is 0.316. The molecule has 2 aromatic carbocycles. The molecule has 0 bridgehead atoms. The molecule has 0 radical (unpaired) electrons. The van der Waals surface area contributed by atoms with E-state index in [1.54, 1.807) is 30.3 Å². The van der Waals surface area contributed by atoms with Crippen molar-refractivity contribution in [2.24, 2.45) is 0 Å². The minimum Gasteiger partial charge on any atom is -0.507 e. The van der Waals surface area contributed by atoms with E-state index in [-0.39, 0.29) is 22.4 Å². The van der Waals surface area contributed by atoms with Crippen LogP contribution < -0.4 is 4.90 Å². The Balaban J connectivity index is 2.45. The average molecular weight is 329 g/mol. The van der Waals surface area contributed by atoms with Crippen molar-refractivity contribution in [2.75, 3.05) is 18.0 Å². The van der Waals surface area contributed by atoms with Crippen LogP contribution in [0, 0.1) is 0 Å². The molecule has 0 saturated carbocycles. The Hall–Kier alpha value is -2.37. The zero-order chi connectivity index (χ0) is 17.9. The number of hydrogen-bond acceptors (Lipinski definition) is 5. The lowest BCUT2D eigenvalue weighted by molar-refractivity contribution is -0.152. The third-order valence-electron chi connectivity index (χ3n) is 4.04. The molecule has 0 saturated heterocycles. The predicted octanol–water partition coefficient (Wildman–Crippen LogP) is 2.63. The molecule has 0 spiro atoms. The molecular formula is C19H23NO4. The second kappa shape index (κ2) is 7.03. The van der Waals surface area contributed by atoms with Crippen LogP contribution in [0.2, 0.25) is 0 Å². The monoisotopic (exact) mass is 329 g/mol. The Bertz CT molecular complexity index is 730. The number of hydrogen-bond donors (Lipinski definition) is 3. The first-order valence-corrected chi connectivity index (χ1v) is 7.96. The van der Waals surface area contributed by atoms with Gasteiger partial charge in [0.25, 0.3) is 0 Å². The molecule has 2 aromatic rings. The average Bonchev–Trinajstić information content (AvgIpc) is 2.55. The van der Waals surface area contributed by atoms with Crippen LogP contribution in [0.4, 0.5) is 5.69 Å². The molecule has 2 rings (SSSR count). The molecule has 0 aliphatic rings. The highest BCUT2D eigenvalue weighted by atomic mass is 16.5. The van der Waals surface area contributed by atoms with Gasteiger partial charge in [-0.05, 0) is 32.9 Å². The van der Waals surface area contributed by atoms with Crippen LogP contribution in [0.3, 0.4) is 0 Å². The lowest BCUT2D eigenvalue weighted by Crippen LogP contribution is -2.24. The van der Waals surface area contributed by atoms with E-state index in [0.717, 1.165) is 18.8 Å². The van der Waals surface area contributed by atoms with Gasteiger partial charge in [-0.2, -0.15) is 0 Å². The Morgan fingerprint density at radius 3 is 2.21 bits per heavy atom. The van der Waals surface area contributed by atoms with Gasteiger partial charge in [-0.15, -0.1) is 0 Å². The van der Waals surface area contributed by atoms with Gasteiger partial charge in [0.05, 0.1) is 5.56 Å². The van der Waals surface area contributed by atoms with Crippen molar-refractivity contribution in [1.29, 1.82) is 0 Å². The minimum absolute atomic E-state index is 0.0993. The largest absolute Gasteiger partial charge is 0.507 e. The molecule has 128 valence electrons. The molecule has 0 aliphatic heterocycles. The van der Waals surface area contributed by atoms with Crippen LogP contribution in [0.15, 0.2) is 42.5 Å². The maximum atomic E-state index is 12.8. The summed E-state index contributed by atoms with van der Waals surface area (Å²) in [5.74, 6) is -2.72. The number of carbonyl (C=O) groups excluding carboxylic acids is 1. The van der Waals surface area contributed by atoms with E-state index in [9.17, 15) is 20.1 Å². The third-order valence-corrected chi connectivity index (χ3v) is 4.04. The van der Waals surface area contributed by atoms with Crippen LogP contribution in [0.5, 0.6) is 5.75 Å². The van der Waals surface area contributed by atoms with Crippen molar-refractivity contribution < 1.29 is 20.1 Å². The number of aromatic hydroxyl groups is 1. The van der Waals surface area contributed by atoms with E-state index in [4.69, 9.17) is 0 Å². The number of nitrogens with zero attached hydrogens (tertiary/aromatic N) is 1. The van der Waals surface area contributed by atoms with Crippen molar-refractivity contribution in [2.45, 2.75) is 26.6 Å². The number of rotatable bonds is 6. The molecule has 0 aromatic heterocycles. The van der Waals surface area contributed by atoms with Crippen LogP contribution in [0.25, 0.3) is 0 Å². The molecule has 24 heavy (non-hydrogen) atoms. The summed E-state index contributed by atoms with van der Waals surface area (Å²) in [6.45, 7) is 6.81. The predicted molar refractivity (Wildman–Crippen MR) is 93.3 cm³/mol. The highest BCUT2D eigenvalue weighted by Gasteiger charge is 2.26. The van der Waals surface area contributed by atoms with E-state index < -0.39 is 11.6 Å². The van der Waals surface area contributed by atoms with Crippen molar-refractivity contribution in [3.05, 3.63) is 59.2 Å². The van der Waals surface area contributed by atoms with E-state index in [0.29, 0.717) is 0 Å². The van der Waals surface area contributed by atoms with E-state index in [1.807, 2.05) is 13.8 Å². The molecule has 0 unspecified atom stereocenters. The topological polar surface area (TPSA) is 81.0 Å². The Labute approximate surface area is 141 Å². The van der Waals surface area contributed by atoms with Crippen LogP contribution in [-0.4, -0.2) is 34.2 Å². The smallest absolute Gasteiger partial charge is 0.197 e. The van der Waals surface area contributed by atoms with Gasteiger partial charge < -0.3 is 20.2 Å². The first-order chi connectivity index (χ1) is 11.3. The van der Waals surface area contributed by atoms with Crippen molar-refractivity contribution >= 4 is 11.5 Å². The number of phenols is 1. The zero-order valence-electron chi connectivity index (χ0n) is 14.2. The fourth-order valence-corrected chi connectivity index (χ4v) is 2.74. The fourth-order valence-electron chi connectivity index (χ4n) is 2.74. The van der Waals surface area contributed by atoms with Crippen LogP contribution in [0.1, 0.15) is 42.3 Å². The summed E-state index contributed by atoms with van der Waals surface area (Å²) in [7, 11) is 0. The second-order valence-corrected chi connectivity index (χ2v) is 5.77. The van der Waals surface area contributed by atoms with E-state index >= 15 is 0 Å². The summed E-state index contributed by atoms with van der Waals surface area (Å²) in [5.41, 5.74) is 1.21. The molecule has 5 heteroatoms. The summed E-state index contributed by atoms with van der Waals surface area (Å²) in [6, 6.07) is 11.2. The highest BCUT2D eigenvalue weighted by molar-refractivity contribution is 6.11. The highest BCUT2D eigenvalue weighted by Crippen LogP contribution is 2.29. The Morgan fingerprint density at radius 1 is 1.04 bits per heavy atom. The lowest BCUT2D eigenvalue weighted by atomic mass is 9.93. The Kier molecular flexibility index (Phi) is 5.26. The summed E-state index contributed by atoms with van der Waals surface area (Å²) >= 11 is 0. The number of carbonyl (C=O) groups is 1. The van der Waals surface area contributed by atoms with Crippen molar-refractivity contribution in [1.82, 2.24) is 0 Å². The summed E-state index contributed by atoms with van der Waals surface area (Å²) in [5, 5.41) is 30.0. The molecule has 3 N–H and O–H groups in total. The van der Waals surface area contributed by atoms with E-state index in [1.165, 1.54) is 19.1 Å². The summed E-state index contributed by atoms with van der Waals surface area (Å²) < 4.78 is 0. The second-order valence-electron chi connectivity index (χ2n) is 5.77. The Morgan fingerprint density at radius 2 is 1.67 bits per heavy atom. The number of anilines is 1. The molecule has 0 atom stereocenters.